The third kappa shape index (κ3) is 3.59. The minimum absolute atomic E-state index is 0.614. The number of nitrogens with zero attached hydrogens (tertiary/aromatic N) is 1. The van der Waals surface area contributed by atoms with E-state index in [4.69, 9.17) is 5.26 Å². The molecule has 0 heterocycles. The van der Waals surface area contributed by atoms with Gasteiger partial charge < -0.3 is 5.11 Å². The molecular formula is C12H17NO. The van der Waals surface area contributed by atoms with Crippen LogP contribution in [0.15, 0.2) is 24.3 Å². The number of hydrogen-bond acceptors (Lipinski definition) is 2. The summed E-state index contributed by atoms with van der Waals surface area (Å²) in [6.45, 7) is 7.43. The second-order valence-corrected chi connectivity index (χ2v) is 3.25. The third-order valence-electron chi connectivity index (χ3n) is 1.72. The van der Waals surface area contributed by atoms with Crippen LogP contribution in [0.25, 0.3) is 0 Å². The first kappa shape index (κ1) is 12.7. The van der Waals surface area contributed by atoms with Crippen molar-refractivity contribution in [1.29, 1.82) is 5.26 Å². The monoisotopic (exact) mass is 191 g/mol. The van der Waals surface area contributed by atoms with Gasteiger partial charge in [0.1, 0.15) is 0 Å². The molecule has 0 fully saturated rings. The van der Waals surface area contributed by atoms with Gasteiger partial charge in [-0.15, -0.1) is 0 Å². The maximum atomic E-state index is 9.57. The summed E-state index contributed by atoms with van der Waals surface area (Å²) in [5.41, 5.74) is 0.609. The molecule has 1 N–H and O–H groups in total. The lowest BCUT2D eigenvalue weighted by atomic mass is 9.98. The lowest BCUT2D eigenvalue weighted by molar-refractivity contribution is 0.0786. The molecule has 1 aromatic carbocycles. The van der Waals surface area contributed by atoms with Crippen molar-refractivity contribution < 1.29 is 5.11 Å². The van der Waals surface area contributed by atoms with Gasteiger partial charge in [-0.05, 0) is 31.5 Å². The Morgan fingerprint density at radius 1 is 1.14 bits per heavy atom. The van der Waals surface area contributed by atoms with Gasteiger partial charge in [-0.25, -0.2) is 0 Å². The van der Waals surface area contributed by atoms with E-state index in [2.05, 4.69) is 0 Å². The van der Waals surface area contributed by atoms with Crippen LogP contribution in [0.1, 0.15) is 38.8 Å². The van der Waals surface area contributed by atoms with Gasteiger partial charge in [-0.3, -0.25) is 0 Å². The standard InChI is InChI=1S/C10H11NO.C2H6/c1-10(2,12)9-5-3-8(7-11)4-6-9;1-2/h3-6,12H,1-2H3;1-2H3. The van der Waals surface area contributed by atoms with Gasteiger partial charge in [0, 0.05) is 0 Å². The second kappa shape index (κ2) is 5.41. The Kier molecular flexibility index (Phi) is 4.90. The summed E-state index contributed by atoms with van der Waals surface area (Å²) < 4.78 is 0. The molecule has 0 atom stereocenters. The molecule has 1 rings (SSSR count). The van der Waals surface area contributed by atoms with Crippen LogP contribution in [-0.4, -0.2) is 5.11 Å². The first-order valence-corrected chi connectivity index (χ1v) is 4.77. The highest BCUT2D eigenvalue weighted by atomic mass is 16.3. The van der Waals surface area contributed by atoms with E-state index in [0.717, 1.165) is 5.56 Å². The lowest BCUT2D eigenvalue weighted by Gasteiger charge is -2.17. The largest absolute Gasteiger partial charge is 0.386 e. The van der Waals surface area contributed by atoms with Crippen LogP contribution < -0.4 is 0 Å². The summed E-state index contributed by atoms with van der Waals surface area (Å²) in [6.07, 6.45) is 0. The Labute approximate surface area is 85.8 Å². The van der Waals surface area contributed by atoms with Gasteiger partial charge in [0.25, 0.3) is 0 Å². The number of rotatable bonds is 1. The fraction of sp³-hybridized carbons (Fsp3) is 0.417. The minimum Gasteiger partial charge on any atom is -0.386 e. The molecule has 0 aliphatic heterocycles. The Balaban J connectivity index is 0.000000791. The van der Waals surface area contributed by atoms with Crippen LogP contribution in [0.4, 0.5) is 0 Å². The second-order valence-electron chi connectivity index (χ2n) is 3.25. The number of nitriles is 1. The molecule has 0 amide bonds. The van der Waals surface area contributed by atoms with Gasteiger partial charge in [0.2, 0.25) is 0 Å². The summed E-state index contributed by atoms with van der Waals surface area (Å²) in [5.74, 6) is 0. The van der Waals surface area contributed by atoms with Crippen molar-refractivity contribution in [2.75, 3.05) is 0 Å². The first-order chi connectivity index (χ1) is 6.54. The van der Waals surface area contributed by atoms with E-state index in [1.54, 1.807) is 38.1 Å². The molecular weight excluding hydrogens is 174 g/mol. The summed E-state index contributed by atoms with van der Waals surface area (Å²) in [6, 6.07) is 8.95. The van der Waals surface area contributed by atoms with Crippen LogP contribution in [0, 0.1) is 11.3 Å². The topological polar surface area (TPSA) is 44.0 Å². The van der Waals surface area contributed by atoms with E-state index < -0.39 is 5.60 Å². The van der Waals surface area contributed by atoms with Crippen LogP contribution in [0.5, 0.6) is 0 Å². The molecule has 0 unspecified atom stereocenters. The van der Waals surface area contributed by atoms with Crippen molar-refractivity contribution in [2.45, 2.75) is 33.3 Å². The Bertz CT molecular complexity index is 301. The molecule has 0 aromatic heterocycles. The molecule has 76 valence electrons. The van der Waals surface area contributed by atoms with E-state index in [-0.39, 0.29) is 0 Å². The van der Waals surface area contributed by atoms with Crippen molar-refractivity contribution in [3.05, 3.63) is 35.4 Å². The summed E-state index contributed by atoms with van der Waals surface area (Å²) in [5, 5.41) is 18.1. The zero-order valence-electron chi connectivity index (χ0n) is 9.20. The van der Waals surface area contributed by atoms with Crippen molar-refractivity contribution in [3.8, 4) is 6.07 Å². The highest BCUT2D eigenvalue weighted by molar-refractivity contribution is 5.33. The molecule has 14 heavy (non-hydrogen) atoms. The fourth-order valence-corrected chi connectivity index (χ4v) is 0.953. The van der Waals surface area contributed by atoms with Crippen molar-refractivity contribution in [3.63, 3.8) is 0 Å². The van der Waals surface area contributed by atoms with Crippen molar-refractivity contribution in [1.82, 2.24) is 0 Å². The zero-order valence-corrected chi connectivity index (χ0v) is 9.20. The molecule has 0 radical (unpaired) electrons. The van der Waals surface area contributed by atoms with E-state index in [1.807, 2.05) is 19.9 Å². The molecule has 0 saturated carbocycles. The molecule has 0 saturated heterocycles. The Hall–Kier alpha value is -1.33. The van der Waals surface area contributed by atoms with Gasteiger partial charge in [-0.1, -0.05) is 26.0 Å². The zero-order chi connectivity index (χ0) is 11.2. The van der Waals surface area contributed by atoms with Gasteiger partial charge in [-0.2, -0.15) is 5.26 Å². The maximum Gasteiger partial charge on any atom is 0.0991 e. The average molecular weight is 191 g/mol. The van der Waals surface area contributed by atoms with E-state index >= 15 is 0 Å². The minimum atomic E-state index is -0.825. The van der Waals surface area contributed by atoms with Crippen molar-refractivity contribution >= 4 is 0 Å². The van der Waals surface area contributed by atoms with Gasteiger partial charge in [0.05, 0.1) is 17.2 Å². The van der Waals surface area contributed by atoms with E-state index in [9.17, 15) is 5.11 Å². The SMILES string of the molecule is CC.CC(C)(O)c1ccc(C#N)cc1. The summed E-state index contributed by atoms with van der Waals surface area (Å²) >= 11 is 0. The van der Waals surface area contributed by atoms with E-state index in [1.165, 1.54) is 0 Å². The van der Waals surface area contributed by atoms with Crippen LogP contribution in [0.2, 0.25) is 0 Å². The normalized spacial score (nSPS) is 9.71. The summed E-state index contributed by atoms with van der Waals surface area (Å²) in [7, 11) is 0. The molecule has 1 aromatic rings. The quantitative estimate of drug-likeness (QED) is 0.741. The molecule has 0 aliphatic carbocycles. The van der Waals surface area contributed by atoms with Crippen LogP contribution in [0.3, 0.4) is 0 Å². The smallest absolute Gasteiger partial charge is 0.0991 e. The molecule has 2 heteroatoms. The fourth-order valence-electron chi connectivity index (χ4n) is 0.953. The van der Waals surface area contributed by atoms with Gasteiger partial charge >= 0.3 is 0 Å². The predicted molar refractivity (Wildman–Crippen MR) is 57.7 cm³/mol. The molecule has 0 aliphatic rings. The van der Waals surface area contributed by atoms with E-state index in [0.29, 0.717) is 5.56 Å². The third-order valence-corrected chi connectivity index (χ3v) is 1.72. The van der Waals surface area contributed by atoms with Crippen LogP contribution in [-0.2, 0) is 5.60 Å². The lowest BCUT2D eigenvalue weighted by Crippen LogP contribution is -2.14. The highest BCUT2D eigenvalue weighted by Crippen LogP contribution is 2.19. The highest BCUT2D eigenvalue weighted by Gasteiger charge is 2.14. The number of hydrogen-bond donors (Lipinski definition) is 1. The maximum absolute atomic E-state index is 9.57. The molecule has 2 nitrogen and oxygen atoms in total. The number of benzene rings is 1. The molecule has 0 bridgehead atoms. The van der Waals surface area contributed by atoms with Crippen LogP contribution >= 0.6 is 0 Å². The Morgan fingerprint density at radius 2 is 1.57 bits per heavy atom. The van der Waals surface area contributed by atoms with Crippen molar-refractivity contribution in [2.24, 2.45) is 0 Å². The predicted octanol–water partition coefficient (Wildman–Crippen LogP) is 2.81. The first-order valence-electron chi connectivity index (χ1n) is 4.77. The number of aliphatic hydroxyl groups is 1. The average Bonchev–Trinajstić information content (AvgIpc) is 2.20. The van der Waals surface area contributed by atoms with Gasteiger partial charge in [0.15, 0.2) is 0 Å². The summed E-state index contributed by atoms with van der Waals surface area (Å²) in [4.78, 5) is 0. The Morgan fingerprint density at radius 3 is 1.86 bits per heavy atom. The molecule has 0 spiro atoms.